The van der Waals surface area contributed by atoms with Gasteiger partial charge in [-0.3, -0.25) is 14.4 Å². The van der Waals surface area contributed by atoms with E-state index in [0.29, 0.717) is 17.1 Å². The lowest BCUT2D eigenvalue weighted by molar-refractivity contribution is -0.135. The summed E-state index contributed by atoms with van der Waals surface area (Å²) in [6.07, 6.45) is 0.337. The molecule has 0 aliphatic carbocycles. The summed E-state index contributed by atoms with van der Waals surface area (Å²) in [7, 11) is 1.56. The standard InChI is InChI=1S/C21H22N4O4/c1-14-4-3-5-16(12-14)22-19(26)13-25-20(27)11-10-18(24-25)21(28)23-15-6-8-17(29-2)9-7-15/h3-9,12H,10-11,13H2,1-2H3,(H,22,26)(H,23,28). The number of carbonyl (C=O) groups excluding carboxylic acids is 3. The van der Waals surface area contributed by atoms with E-state index in [2.05, 4.69) is 15.7 Å². The van der Waals surface area contributed by atoms with E-state index in [1.54, 1.807) is 37.4 Å². The van der Waals surface area contributed by atoms with Crippen LogP contribution in [-0.4, -0.2) is 42.1 Å². The second-order valence-corrected chi connectivity index (χ2v) is 6.60. The summed E-state index contributed by atoms with van der Waals surface area (Å²) < 4.78 is 5.08. The molecule has 8 nitrogen and oxygen atoms in total. The second-order valence-electron chi connectivity index (χ2n) is 6.60. The third-order valence-electron chi connectivity index (χ3n) is 4.31. The van der Waals surface area contributed by atoms with Crippen LogP contribution in [0.3, 0.4) is 0 Å². The van der Waals surface area contributed by atoms with Crippen molar-refractivity contribution in [3.05, 3.63) is 54.1 Å². The number of anilines is 2. The van der Waals surface area contributed by atoms with Crippen LogP contribution in [0.4, 0.5) is 11.4 Å². The molecule has 29 heavy (non-hydrogen) atoms. The van der Waals surface area contributed by atoms with E-state index >= 15 is 0 Å². The normalized spacial score (nSPS) is 13.5. The van der Waals surface area contributed by atoms with E-state index in [-0.39, 0.29) is 36.9 Å². The number of nitrogens with zero attached hydrogens (tertiary/aromatic N) is 2. The van der Waals surface area contributed by atoms with Crippen molar-refractivity contribution in [2.75, 3.05) is 24.3 Å². The highest BCUT2D eigenvalue weighted by Gasteiger charge is 2.26. The number of amides is 3. The van der Waals surface area contributed by atoms with Gasteiger partial charge in [-0.05, 0) is 48.9 Å². The summed E-state index contributed by atoms with van der Waals surface area (Å²) in [4.78, 5) is 36.9. The van der Waals surface area contributed by atoms with E-state index in [4.69, 9.17) is 4.74 Å². The van der Waals surface area contributed by atoms with Gasteiger partial charge >= 0.3 is 0 Å². The molecule has 0 radical (unpaired) electrons. The molecular formula is C21H22N4O4. The summed E-state index contributed by atoms with van der Waals surface area (Å²) in [6, 6.07) is 14.2. The van der Waals surface area contributed by atoms with Gasteiger partial charge in [0, 0.05) is 24.2 Å². The minimum absolute atomic E-state index is 0.118. The van der Waals surface area contributed by atoms with E-state index in [1.807, 2.05) is 25.1 Å². The highest BCUT2D eigenvalue weighted by atomic mass is 16.5. The average Bonchev–Trinajstić information content (AvgIpc) is 2.70. The van der Waals surface area contributed by atoms with Gasteiger partial charge < -0.3 is 15.4 Å². The van der Waals surface area contributed by atoms with Crippen molar-refractivity contribution in [2.45, 2.75) is 19.8 Å². The zero-order valence-corrected chi connectivity index (χ0v) is 16.3. The van der Waals surface area contributed by atoms with E-state index in [0.717, 1.165) is 10.6 Å². The molecule has 2 aromatic rings. The summed E-state index contributed by atoms with van der Waals surface area (Å²) in [6.45, 7) is 1.66. The first kappa shape index (κ1) is 20.1. The Balaban J connectivity index is 1.64. The molecule has 3 amide bonds. The monoisotopic (exact) mass is 394 g/mol. The van der Waals surface area contributed by atoms with Gasteiger partial charge in [-0.25, -0.2) is 5.01 Å². The Hall–Kier alpha value is -3.68. The van der Waals surface area contributed by atoms with Crippen LogP contribution >= 0.6 is 0 Å². The highest BCUT2D eigenvalue weighted by molar-refractivity contribution is 6.43. The average molecular weight is 394 g/mol. The van der Waals surface area contributed by atoms with Crippen molar-refractivity contribution in [3.8, 4) is 5.75 Å². The number of rotatable bonds is 6. The fourth-order valence-corrected chi connectivity index (χ4v) is 2.83. The third kappa shape index (κ3) is 5.41. The van der Waals surface area contributed by atoms with Crippen LogP contribution in [0, 0.1) is 6.92 Å². The second kappa shape index (κ2) is 9.01. The molecule has 0 unspecified atom stereocenters. The molecule has 1 aliphatic heterocycles. The van der Waals surface area contributed by atoms with Crippen molar-refractivity contribution in [1.29, 1.82) is 0 Å². The molecule has 2 aromatic carbocycles. The molecule has 1 aliphatic rings. The Bertz CT molecular complexity index is 953. The van der Waals surface area contributed by atoms with E-state index in [1.165, 1.54) is 0 Å². The number of ether oxygens (including phenoxy) is 1. The number of hydrogen-bond acceptors (Lipinski definition) is 5. The fourth-order valence-electron chi connectivity index (χ4n) is 2.83. The molecule has 8 heteroatoms. The van der Waals surface area contributed by atoms with Crippen LogP contribution < -0.4 is 15.4 Å². The fraction of sp³-hybridized carbons (Fsp3) is 0.238. The van der Waals surface area contributed by atoms with Crippen LogP contribution in [0.25, 0.3) is 0 Å². The number of nitrogens with one attached hydrogen (secondary N) is 2. The van der Waals surface area contributed by atoms with Gasteiger partial charge in [-0.1, -0.05) is 12.1 Å². The van der Waals surface area contributed by atoms with E-state index in [9.17, 15) is 14.4 Å². The Morgan fingerprint density at radius 3 is 2.52 bits per heavy atom. The van der Waals surface area contributed by atoms with Crippen molar-refractivity contribution < 1.29 is 19.1 Å². The molecule has 3 rings (SSSR count). The Morgan fingerprint density at radius 2 is 1.83 bits per heavy atom. The van der Waals surface area contributed by atoms with Crippen molar-refractivity contribution in [2.24, 2.45) is 5.10 Å². The van der Waals surface area contributed by atoms with Gasteiger partial charge in [0.1, 0.15) is 18.0 Å². The van der Waals surface area contributed by atoms with Gasteiger partial charge in [0.25, 0.3) is 5.91 Å². The summed E-state index contributed by atoms with van der Waals surface area (Å²) >= 11 is 0. The maximum atomic E-state index is 12.5. The minimum Gasteiger partial charge on any atom is -0.497 e. The molecule has 0 saturated carbocycles. The molecule has 0 aromatic heterocycles. The number of hydrogen-bond donors (Lipinski definition) is 2. The van der Waals surface area contributed by atoms with Gasteiger partial charge in [0.05, 0.1) is 7.11 Å². The number of benzene rings is 2. The van der Waals surface area contributed by atoms with E-state index < -0.39 is 5.91 Å². The first-order chi connectivity index (χ1) is 13.9. The maximum absolute atomic E-state index is 12.5. The number of aryl methyl sites for hydroxylation is 1. The van der Waals surface area contributed by atoms with Gasteiger partial charge in [0.2, 0.25) is 11.8 Å². The zero-order valence-electron chi connectivity index (χ0n) is 16.3. The van der Waals surface area contributed by atoms with Gasteiger partial charge in [-0.15, -0.1) is 0 Å². The zero-order chi connectivity index (χ0) is 20.8. The Kier molecular flexibility index (Phi) is 6.23. The Morgan fingerprint density at radius 1 is 1.07 bits per heavy atom. The first-order valence-corrected chi connectivity index (χ1v) is 9.14. The molecule has 150 valence electrons. The van der Waals surface area contributed by atoms with Gasteiger partial charge in [-0.2, -0.15) is 5.10 Å². The van der Waals surface area contributed by atoms with Crippen LogP contribution in [0.15, 0.2) is 53.6 Å². The molecule has 0 bridgehead atoms. The lowest BCUT2D eigenvalue weighted by Crippen LogP contribution is -2.40. The number of methoxy groups -OCH3 is 1. The van der Waals surface area contributed by atoms with Gasteiger partial charge in [0.15, 0.2) is 0 Å². The summed E-state index contributed by atoms with van der Waals surface area (Å²) in [5.41, 5.74) is 2.43. The predicted molar refractivity (Wildman–Crippen MR) is 110 cm³/mol. The number of carbonyl (C=O) groups is 3. The predicted octanol–water partition coefficient (Wildman–Crippen LogP) is 2.56. The molecule has 0 spiro atoms. The lowest BCUT2D eigenvalue weighted by atomic mass is 10.1. The molecular weight excluding hydrogens is 372 g/mol. The van der Waals surface area contributed by atoms with Crippen LogP contribution in [0.5, 0.6) is 5.75 Å². The minimum atomic E-state index is -0.410. The van der Waals surface area contributed by atoms with Crippen molar-refractivity contribution >= 4 is 34.8 Å². The topological polar surface area (TPSA) is 100 Å². The molecule has 2 N–H and O–H groups in total. The van der Waals surface area contributed by atoms with Crippen molar-refractivity contribution in [1.82, 2.24) is 5.01 Å². The van der Waals surface area contributed by atoms with Crippen LogP contribution in [0.1, 0.15) is 18.4 Å². The summed E-state index contributed by atoms with van der Waals surface area (Å²) in [5, 5.41) is 10.6. The molecule has 1 heterocycles. The molecule has 0 atom stereocenters. The van der Waals surface area contributed by atoms with Crippen molar-refractivity contribution in [3.63, 3.8) is 0 Å². The molecule has 0 fully saturated rings. The lowest BCUT2D eigenvalue weighted by Gasteiger charge is -2.22. The first-order valence-electron chi connectivity index (χ1n) is 9.14. The number of hydrazone groups is 1. The molecule has 0 saturated heterocycles. The smallest absolute Gasteiger partial charge is 0.271 e. The maximum Gasteiger partial charge on any atom is 0.271 e. The SMILES string of the molecule is COc1ccc(NC(=O)C2=NN(CC(=O)Nc3cccc(C)c3)C(=O)CC2)cc1. The highest BCUT2D eigenvalue weighted by Crippen LogP contribution is 2.17. The third-order valence-corrected chi connectivity index (χ3v) is 4.31. The van der Waals surface area contributed by atoms with Crippen LogP contribution in [0.2, 0.25) is 0 Å². The largest absolute Gasteiger partial charge is 0.497 e. The Labute approximate surface area is 168 Å². The van der Waals surface area contributed by atoms with Crippen LogP contribution in [-0.2, 0) is 14.4 Å². The summed E-state index contributed by atoms with van der Waals surface area (Å²) in [5.74, 6) is -0.420. The quantitative estimate of drug-likeness (QED) is 0.786.